The molecule has 0 aliphatic heterocycles. The number of halogens is 4. The zero-order chi connectivity index (χ0) is 19.4. The summed E-state index contributed by atoms with van der Waals surface area (Å²) in [6.07, 6.45) is -1.87. The second-order valence-electron chi connectivity index (χ2n) is 6.44. The summed E-state index contributed by atoms with van der Waals surface area (Å²) in [5, 5.41) is 9.73. The molecule has 2 aromatic rings. The standard InChI is InChI=1S/C18H20ClF3N4O/c19-13-7-5-12(6-8-13)11-24-17(27)23-9-10-26-15-4-2-1-3-14(15)16(25-26)18(20,21)22/h5-8H,1-4,9-11H2,(H2,23,24,27). The topological polar surface area (TPSA) is 59.0 Å². The molecule has 0 saturated heterocycles. The van der Waals surface area contributed by atoms with Gasteiger partial charge in [0.05, 0.1) is 6.54 Å². The fourth-order valence-electron chi connectivity index (χ4n) is 3.21. The van der Waals surface area contributed by atoms with Crippen LogP contribution in [-0.2, 0) is 32.1 Å². The number of nitrogens with zero attached hydrogens (tertiary/aromatic N) is 2. The summed E-state index contributed by atoms with van der Waals surface area (Å²) in [6, 6.07) is 6.68. The second kappa shape index (κ2) is 8.21. The van der Waals surface area contributed by atoms with Crippen LogP contribution in [-0.4, -0.2) is 22.4 Å². The molecule has 0 spiro atoms. The summed E-state index contributed by atoms with van der Waals surface area (Å²) < 4.78 is 40.9. The molecular weight excluding hydrogens is 381 g/mol. The van der Waals surface area contributed by atoms with Crippen LogP contribution in [0.25, 0.3) is 0 Å². The average Bonchev–Trinajstić information content (AvgIpc) is 3.01. The molecule has 0 fully saturated rings. The lowest BCUT2D eigenvalue weighted by Gasteiger charge is -2.15. The Hall–Kier alpha value is -2.22. The summed E-state index contributed by atoms with van der Waals surface area (Å²) in [4.78, 5) is 11.9. The summed E-state index contributed by atoms with van der Waals surface area (Å²) in [5.41, 5.74) is 1.05. The Labute approximate surface area is 159 Å². The third kappa shape index (κ3) is 4.94. The van der Waals surface area contributed by atoms with Gasteiger partial charge in [-0.3, -0.25) is 4.68 Å². The zero-order valence-corrected chi connectivity index (χ0v) is 15.3. The molecule has 1 aliphatic rings. The third-order valence-electron chi connectivity index (χ3n) is 4.50. The normalized spacial score (nSPS) is 13.9. The molecule has 1 aliphatic carbocycles. The van der Waals surface area contributed by atoms with E-state index in [1.807, 2.05) is 0 Å². The van der Waals surface area contributed by atoms with Crippen molar-refractivity contribution in [2.75, 3.05) is 6.54 Å². The number of nitrogens with one attached hydrogen (secondary N) is 2. The van der Waals surface area contributed by atoms with Crippen molar-refractivity contribution in [2.45, 2.75) is 44.9 Å². The highest BCUT2D eigenvalue weighted by atomic mass is 35.5. The minimum atomic E-state index is -4.45. The second-order valence-corrected chi connectivity index (χ2v) is 6.87. The van der Waals surface area contributed by atoms with E-state index < -0.39 is 11.9 Å². The van der Waals surface area contributed by atoms with Gasteiger partial charge >= 0.3 is 12.2 Å². The van der Waals surface area contributed by atoms with Gasteiger partial charge in [0.25, 0.3) is 0 Å². The predicted molar refractivity (Wildman–Crippen MR) is 95.6 cm³/mol. The van der Waals surface area contributed by atoms with E-state index in [9.17, 15) is 18.0 Å². The van der Waals surface area contributed by atoms with Gasteiger partial charge in [0.15, 0.2) is 5.69 Å². The molecule has 5 nitrogen and oxygen atoms in total. The molecule has 0 atom stereocenters. The van der Waals surface area contributed by atoms with Crippen LogP contribution in [0.1, 0.15) is 35.4 Å². The van der Waals surface area contributed by atoms with Gasteiger partial charge in [0.2, 0.25) is 0 Å². The Balaban J connectivity index is 1.53. The van der Waals surface area contributed by atoms with Crippen molar-refractivity contribution in [3.8, 4) is 0 Å². The summed E-state index contributed by atoms with van der Waals surface area (Å²) in [7, 11) is 0. The Bertz CT molecular complexity index is 802. The smallest absolute Gasteiger partial charge is 0.336 e. The van der Waals surface area contributed by atoms with Crippen LogP contribution < -0.4 is 10.6 Å². The summed E-state index contributed by atoms with van der Waals surface area (Å²) in [5.74, 6) is 0. The lowest BCUT2D eigenvalue weighted by molar-refractivity contribution is -0.142. The first-order valence-corrected chi connectivity index (χ1v) is 9.14. The van der Waals surface area contributed by atoms with Crippen LogP contribution in [0.5, 0.6) is 0 Å². The molecule has 27 heavy (non-hydrogen) atoms. The van der Waals surface area contributed by atoms with Gasteiger partial charge in [-0.1, -0.05) is 23.7 Å². The lowest BCUT2D eigenvalue weighted by atomic mass is 9.95. The van der Waals surface area contributed by atoms with Gasteiger partial charge in [-0.25, -0.2) is 4.79 Å². The maximum atomic E-state index is 13.2. The fourth-order valence-corrected chi connectivity index (χ4v) is 3.33. The largest absolute Gasteiger partial charge is 0.435 e. The zero-order valence-electron chi connectivity index (χ0n) is 14.6. The maximum Gasteiger partial charge on any atom is 0.435 e. The number of hydrogen-bond acceptors (Lipinski definition) is 2. The first-order chi connectivity index (χ1) is 12.8. The Morgan fingerprint density at radius 1 is 1.15 bits per heavy atom. The van der Waals surface area contributed by atoms with E-state index >= 15 is 0 Å². The first-order valence-electron chi connectivity index (χ1n) is 8.76. The Morgan fingerprint density at radius 2 is 1.85 bits per heavy atom. The SMILES string of the molecule is O=C(NCCn1nc(C(F)(F)F)c2c1CCCC2)NCc1ccc(Cl)cc1. The van der Waals surface area contributed by atoms with Crippen LogP contribution in [0.2, 0.25) is 5.02 Å². The summed E-state index contributed by atoms with van der Waals surface area (Å²) in [6.45, 7) is 0.725. The van der Waals surface area contributed by atoms with Gasteiger partial charge in [-0.2, -0.15) is 18.3 Å². The molecule has 3 rings (SSSR count). The van der Waals surface area contributed by atoms with Gasteiger partial charge in [0, 0.05) is 29.4 Å². The quantitative estimate of drug-likeness (QED) is 0.798. The van der Waals surface area contributed by atoms with E-state index in [-0.39, 0.29) is 19.1 Å². The number of aromatic nitrogens is 2. The highest BCUT2D eigenvalue weighted by molar-refractivity contribution is 6.30. The average molecular weight is 401 g/mol. The van der Waals surface area contributed by atoms with Crippen molar-refractivity contribution >= 4 is 17.6 Å². The number of urea groups is 1. The molecule has 1 heterocycles. The van der Waals surface area contributed by atoms with Crippen molar-refractivity contribution in [1.29, 1.82) is 0 Å². The minimum Gasteiger partial charge on any atom is -0.336 e. The molecule has 146 valence electrons. The van der Waals surface area contributed by atoms with Crippen LogP contribution in [0.15, 0.2) is 24.3 Å². The molecular formula is C18H20ClF3N4O. The van der Waals surface area contributed by atoms with Crippen molar-refractivity contribution in [1.82, 2.24) is 20.4 Å². The molecule has 0 saturated carbocycles. The minimum absolute atomic E-state index is 0.192. The van der Waals surface area contributed by atoms with Crippen LogP contribution in [0.3, 0.4) is 0 Å². The molecule has 9 heteroatoms. The van der Waals surface area contributed by atoms with Crippen molar-refractivity contribution in [3.05, 3.63) is 51.8 Å². The molecule has 1 aromatic heterocycles. The fraction of sp³-hybridized carbons (Fsp3) is 0.444. The highest BCUT2D eigenvalue weighted by Gasteiger charge is 2.39. The van der Waals surface area contributed by atoms with Crippen molar-refractivity contribution < 1.29 is 18.0 Å². The van der Waals surface area contributed by atoms with E-state index in [1.54, 1.807) is 24.3 Å². The molecule has 0 radical (unpaired) electrons. The predicted octanol–water partition coefficient (Wildman–Crippen LogP) is 3.93. The van der Waals surface area contributed by atoms with Crippen molar-refractivity contribution in [3.63, 3.8) is 0 Å². The van der Waals surface area contributed by atoms with E-state index in [4.69, 9.17) is 11.6 Å². The number of hydrogen-bond donors (Lipinski definition) is 2. The van der Waals surface area contributed by atoms with Crippen LogP contribution in [0, 0.1) is 0 Å². The van der Waals surface area contributed by atoms with Gasteiger partial charge in [-0.15, -0.1) is 0 Å². The molecule has 2 amide bonds. The summed E-state index contributed by atoms with van der Waals surface area (Å²) >= 11 is 5.80. The molecule has 1 aromatic carbocycles. The van der Waals surface area contributed by atoms with Gasteiger partial charge in [0.1, 0.15) is 0 Å². The van der Waals surface area contributed by atoms with E-state index in [0.29, 0.717) is 35.7 Å². The first kappa shape index (κ1) is 19.5. The van der Waals surface area contributed by atoms with E-state index in [1.165, 1.54) is 4.68 Å². The van der Waals surface area contributed by atoms with E-state index in [0.717, 1.165) is 18.4 Å². The molecule has 0 bridgehead atoms. The van der Waals surface area contributed by atoms with Gasteiger partial charge < -0.3 is 10.6 Å². The Morgan fingerprint density at radius 3 is 2.56 bits per heavy atom. The number of fused-ring (bicyclic) bond motifs is 1. The number of benzene rings is 1. The third-order valence-corrected chi connectivity index (χ3v) is 4.75. The molecule has 2 N–H and O–H groups in total. The number of carbonyl (C=O) groups is 1. The number of alkyl halides is 3. The number of amides is 2. The van der Waals surface area contributed by atoms with E-state index in [2.05, 4.69) is 15.7 Å². The number of carbonyl (C=O) groups excluding carboxylic acids is 1. The highest BCUT2D eigenvalue weighted by Crippen LogP contribution is 2.35. The van der Waals surface area contributed by atoms with Crippen LogP contribution >= 0.6 is 11.6 Å². The van der Waals surface area contributed by atoms with Gasteiger partial charge in [-0.05, 0) is 43.4 Å². The monoisotopic (exact) mass is 400 g/mol. The Kier molecular flexibility index (Phi) is 5.94. The van der Waals surface area contributed by atoms with Crippen LogP contribution in [0.4, 0.5) is 18.0 Å². The van der Waals surface area contributed by atoms with Crippen molar-refractivity contribution in [2.24, 2.45) is 0 Å². The maximum absolute atomic E-state index is 13.2. The lowest BCUT2D eigenvalue weighted by Crippen LogP contribution is -2.37. The number of rotatable bonds is 5. The molecule has 0 unspecified atom stereocenters.